The maximum atomic E-state index is 12.0. The van der Waals surface area contributed by atoms with E-state index in [0.717, 1.165) is 13.2 Å². The SMILES string of the molecule is CC(C)C(C)CN1CNC(C(C)C)C1=O. The Bertz CT molecular complexity index is 226. The van der Waals surface area contributed by atoms with Gasteiger partial charge in [-0.25, -0.2) is 0 Å². The number of carbonyl (C=O) groups is 1. The van der Waals surface area contributed by atoms with Crippen LogP contribution < -0.4 is 5.32 Å². The maximum Gasteiger partial charge on any atom is 0.241 e. The molecule has 0 spiro atoms. The fraction of sp³-hybridized carbons (Fsp3) is 0.917. The molecule has 3 nitrogen and oxygen atoms in total. The standard InChI is InChI=1S/C12H24N2O/c1-8(2)10(5)6-14-7-13-11(9(3)4)12(14)15/h8-11,13H,6-7H2,1-5H3. The van der Waals surface area contributed by atoms with E-state index in [1.54, 1.807) is 0 Å². The van der Waals surface area contributed by atoms with E-state index in [2.05, 4.69) is 39.9 Å². The number of hydrogen-bond acceptors (Lipinski definition) is 2. The van der Waals surface area contributed by atoms with E-state index in [9.17, 15) is 4.79 Å². The molecule has 0 aliphatic carbocycles. The highest BCUT2D eigenvalue weighted by Gasteiger charge is 2.33. The Labute approximate surface area is 93.2 Å². The first-order chi connectivity index (χ1) is 6.93. The largest absolute Gasteiger partial charge is 0.328 e. The van der Waals surface area contributed by atoms with Crippen LogP contribution in [-0.4, -0.2) is 30.1 Å². The van der Waals surface area contributed by atoms with Gasteiger partial charge in [0.2, 0.25) is 5.91 Å². The number of rotatable bonds is 4. The van der Waals surface area contributed by atoms with Crippen molar-refractivity contribution in [2.24, 2.45) is 17.8 Å². The van der Waals surface area contributed by atoms with Crippen LogP contribution in [0.15, 0.2) is 0 Å². The van der Waals surface area contributed by atoms with Crippen molar-refractivity contribution in [2.45, 2.75) is 40.7 Å². The zero-order valence-corrected chi connectivity index (χ0v) is 10.6. The highest BCUT2D eigenvalue weighted by molar-refractivity contribution is 5.84. The second kappa shape index (κ2) is 4.97. The van der Waals surface area contributed by atoms with Crippen LogP contribution in [0.5, 0.6) is 0 Å². The summed E-state index contributed by atoms with van der Waals surface area (Å²) in [4.78, 5) is 13.9. The van der Waals surface area contributed by atoms with Gasteiger partial charge in [0.1, 0.15) is 0 Å². The molecule has 2 unspecified atom stereocenters. The number of amides is 1. The Morgan fingerprint density at radius 2 is 1.93 bits per heavy atom. The molecule has 15 heavy (non-hydrogen) atoms. The van der Waals surface area contributed by atoms with Crippen LogP contribution in [0, 0.1) is 17.8 Å². The van der Waals surface area contributed by atoms with Gasteiger partial charge in [-0.2, -0.15) is 0 Å². The highest BCUT2D eigenvalue weighted by Crippen LogP contribution is 2.16. The molecule has 0 saturated carbocycles. The molecule has 1 N–H and O–H groups in total. The monoisotopic (exact) mass is 212 g/mol. The summed E-state index contributed by atoms with van der Waals surface area (Å²) in [5.41, 5.74) is 0. The zero-order chi connectivity index (χ0) is 11.6. The lowest BCUT2D eigenvalue weighted by Gasteiger charge is -2.23. The Balaban J connectivity index is 2.50. The molecule has 1 aliphatic rings. The molecule has 0 bridgehead atoms. The summed E-state index contributed by atoms with van der Waals surface area (Å²) in [6, 6.07) is 0.0318. The van der Waals surface area contributed by atoms with Crippen LogP contribution in [0.3, 0.4) is 0 Å². The number of carbonyl (C=O) groups excluding carboxylic acids is 1. The Morgan fingerprint density at radius 3 is 2.33 bits per heavy atom. The van der Waals surface area contributed by atoms with Gasteiger partial charge in [0.15, 0.2) is 0 Å². The predicted molar refractivity (Wildman–Crippen MR) is 62.3 cm³/mol. The fourth-order valence-corrected chi connectivity index (χ4v) is 1.80. The minimum absolute atomic E-state index is 0.0318. The van der Waals surface area contributed by atoms with E-state index >= 15 is 0 Å². The van der Waals surface area contributed by atoms with Gasteiger partial charge >= 0.3 is 0 Å². The van der Waals surface area contributed by atoms with Gasteiger partial charge in [0.25, 0.3) is 0 Å². The van der Waals surface area contributed by atoms with Gasteiger partial charge in [-0.1, -0.05) is 34.6 Å². The molecule has 0 aromatic carbocycles. The Kier molecular flexibility index (Phi) is 4.14. The number of hydrogen-bond donors (Lipinski definition) is 1. The normalized spacial score (nSPS) is 24.3. The van der Waals surface area contributed by atoms with Crippen molar-refractivity contribution in [3.05, 3.63) is 0 Å². The molecule has 2 atom stereocenters. The molecule has 88 valence electrons. The lowest BCUT2D eigenvalue weighted by molar-refractivity contribution is -0.130. The van der Waals surface area contributed by atoms with E-state index in [-0.39, 0.29) is 11.9 Å². The van der Waals surface area contributed by atoms with Gasteiger partial charge in [-0.3, -0.25) is 10.1 Å². The quantitative estimate of drug-likeness (QED) is 0.769. The fourth-order valence-electron chi connectivity index (χ4n) is 1.80. The maximum absolute atomic E-state index is 12.0. The van der Waals surface area contributed by atoms with Gasteiger partial charge in [-0.15, -0.1) is 0 Å². The summed E-state index contributed by atoms with van der Waals surface area (Å²) in [6.45, 7) is 12.4. The molecule has 1 heterocycles. The lowest BCUT2D eigenvalue weighted by Crippen LogP contribution is -2.36. The predicted octanol–water partition coefficient (Wildman–Crippen LogP) is 1.69. The van der Waals surface area contributed by atoms with Gasteiger partial charge in [-0.05, 0) is 17.8 Å². The summed E-state index contributed by atoms with van der Waals surface area (Å²) in [5.74, 6) is 1.87. The Hall–Kier alpha value is -0.570. The van der Waals surface area contributed by atoms with Crippen molar-refractivity contribution < 1.29 is 4.79 Å². The third-order valence-electron chi connectivity index (χ3n) is 3.39. The molecule has 1 amide bonds. The first-order valence-electron chi connectivity index (χ1n) is 5.95. The first kappa shape index (κ1) is 12.5. The number of nitrogens with one attached hydrogen (secondary N) is 1. The smallest absolute Gasteiger partial charge is 0.241 e. The average Bonchev–Trinajstić information content (AvgIpc) is 2.48. The average molecular weight is 212 g/mol. The third-order valence-corrected chi connectivity index (χ3v) is 3.39. The van der Waals surface area contributed by atoms with Gasteiger partial charge in [0.05, 0.1) is 12.7 Å². The molecule has 0 aromatic heterocycles. The minimum Gasteiger partial charge on any atom is -0.328 e. The molecular formula is C12H24N2O. The van der Waals surface area contributed by atoms with E-state index in [1.807, 2.05) is 4.90 Å². The van der Waals surface area contributed by atoms with Gasteiger partial charge < -0.3 is 4.90 Å². The van der Waals surface area contributed by atoms with E-state index in [1.165, 1.54) is 0 Å². The Morgan fingerprint density at radius 1 is 1.33 bits per heavy atom. The molecule has 0 radical (unpaired) electrons. The second-order valence-corrected chi connectivity index (χ2v) is 5.37. The van der Waals surface area contributed by atoms with Crippen LogP contribution in [0.25, 0.3) is 0 Å². The second-order valence-electron chi connectivity index (χ2n) is 5.37. The van der Waals surface area contributed by atoms with Crippen LogP contribution >= 0.6 is 0 Å². The summed E-state index contributed by atoms with van der Waals surface area (Å²) in [5, 5.41) is 3.28. The van der Waals surface area contributed by atoms with Crippen LogP contribution in [0.2, 0.25) is 0 Å². The van der Waals surface area contributed by atoms with E-state index in [0.29, 0.717) is 17.8 Å². The minimum atomic E-state index is 0.0318. The van der Waals surface area contributed by atoms with Crippen LogP contribution in [-0.2, 0) is 4.79 Å². The summed E-state index contributed by atoms with van der Waals surface area (Å²) < 4.78 is 0. The summed E-state index contributed by atoms with van der Waals surface area (Å²) in [6.07, 6.45) is 0. The van der Waals surface area contributed by atoms with Crippen molar-refractivity contribution >= 4 is 5.91 Å². The van der Waals surface area contributed by atoms with Crippen LogP contribution in [0.1, 0.15) is 34.6 Å². The molecule has 1 aliphatic heterocycles. The van der Waals surface area contributed by atoms with Crippen molar-refractivity contribution in [3.8, 4) is 0 Å². The van der Waals surface area contributed by atoms with Crippen molar-refractivity contribution in [3.63, 3.8) is 0 Å². The van der Waals surface area contributed by atoms with Gasteiger partial charge in [0, 0.05) is 6.54 Å². The summed E-state index contributed by atoms with van der Waals surface area (Å²) >= 11 is 0. The molecular weight excluding hydrogens is 188 g/mol. The molecule has 1 saturated heterocycles. The zero-order valence-electron chi connectivity index (χ0n) is 10.6. The molecule has 1 fully saturated rings. The molecule has 0 aromatic rings. The molecule has 1 rings (SSSR count). The van der Waals surface area contributed by atoms with Crippen molar-refractivity contribution in [1.82, 2.24) is 10.2 Å². The van der Waals surface area contributed by atoms with E-state index in [4.69, 9.17) is 0 Å². The first-order valence-corrected chi connectivity index (χ1v) is 5.95. The van der Waals surface area contributed by atoms with Crippen molar-refractivity contribution in [1.29, 1.82) is 0 Å². The highest BCUT2D eigenvalue weighted by atomic mass is 16.2. The van der Waals surface area contributed by atoms with Crippen molar-refractivity contribution in [2.75, 3.05) is 13.2 Å². The lowest BCUT2D eigenvalue weighted by atomic mass is 9.97. The third kappa shape index (κ3) is 2.94. The number of nitrogens with zero attached hydrogens (tertiary/aromatic N) is 1. The topological polar surface area (TPSA) is 32.3 Å². The summed E-state index contributed by atoms with van der Waals surface area (Å²) in [7, 11) is 0. The van der Waals surface area contributed by atoms with Crippen LogP contribution in [0.4, 0.5) is 0 Å². The van der Waals surface area contributed by atoms with E-state index < -0.39 is 0 Å². The molecule has 3 heteroatoms.